The summed E-state index contributed by atoms with van der Waals surface area (Å²) < 4.78 is 38.4. The molecule has 2 rings (SSSR count). The van der Waals surface area contributed by atoms with Gasteiger partial charge in [-0.25, -0.2) is 0 Å². The first-order valence-corrected chi connectivity index (χ1v) is 6.59. The Labute approximate surface area is 115 Å². The molecule has 0 radical (unpaired) electrons. The molecule has 1 fully saturated rings. The highest BCUT2D eigenvalue weighted by Crippen LogP contribution is 2.20. The minimum atomic E-state index is -4.33. The molecule has 0 spiro atoms. The second kappa shape index (κ2) is 5.87. The van der Waals surface area contributed by atoms with E-state index in [1.165, 1.54) is 18.3 Å². The number of likely N-dealkylation sites (tertiary alicyclic amines) is 1. The van der Waals surface area contributed by atoms with Gasteiger partial charge in [-0.3, -0.25) is 4.79 Å². The van der Waals surface area contributed by atoms with Gasteiger partial charge < -0.3 is 14.8 Å². The molecule has 1 saturated heterocycles. The first-order chi connectivity index (χ1) is 9.40. The number of hydrogen-bond donors (Lipinski definition) is 1. The van der Waals surface area contributed by atoms with Crippen LogP contribution in [-0.2, 0) is 6.54 Å². The monoisotopic (exact) mass is 289 g/mol. The van der Waals surface area contributed by atoms with E-state index >= 15 is 0 Å². The predicted octanol–water partition coefficient (Wildman–Crippen LogP) is 1.87. The summed E-state index contributed by atoms with van der Waals surface area (Å²) in [6.45, 7) is -0.00882. The van der Waals surface area contributed by atoms with Crippen LogP contribution in [0.3, 0.4) is 0 Å². The smallest absolute Gasteiger partial charge is 0.336 e. The fourth-order valence-electron chi connectivity index (χ4n) is 2.50. The number of aromatic nitrogens is 1. The van der Waals surface area contributed by atoms with Gasteiger partial charge >= 0.3 is 6.18 Å². The number of amides is 1. The van der Waals surface area contributed by atoms with Crippen LogP contribution in [0.25, 0.3) is 0 Å². The number of hydrogen-bond acceptors (Lipinski definition) is 2. The molecule has 20 heavy (non-hydrogen) atoms. The van der Waals surface area contributed by atoms with Crippen LogP contribution in [0.2, 0.25) is 0 Å². The number of carbonyl (C=O) groups is 1. The van der Waals surface area contributed by atoms with Gasteiger partial charge in [0.1, 0.15) is 12.2 Å². The highest BCUT2D eigenvalue weighted by atomic mass is 19.4. The zero-order valence-corrected chi connectivity index (χ0v) is 11.3. The molecule has 0 saturated carbocycles. The molecular formula is C13H18F3N3O. The molecule has 1 unspecified atom stereocenters. The minimum Gasteiger partial charge on any atom is -0.336 e. The van der Waals surface area contributed by atoms with Crippen LogP contribution in [0, 0.1) is 0 Å². The van der Waals surface area contributed by atoms with Crippen LogP contribution >= 0.6 is 0 Å². The van der Waals surface area contributed by atoms with Gasteiger partial charge in [0.2, 0.25) is 0 Å². The van der Waals surface area contributed by atoms with Gasteiger partial charge in [0.15, 0.2) is 0 Å². The molecule has 112 valence electrons. The van der Waals surface area contributed by atoms with E-state index in [2.05, 4.69) is 5.32 Å². The van der Waals surface area contributed by atoms with Gasteiger partial charge in [-0.15, -0.1) is 0 Å². The lowest BCUT2D eigenvalue weighted by molar-refractivity contribution is -0.140. The van der Waals surface area contributed by atoms with E-state index in [-0.39, 0.29) is 17.6 Å². The molecule has 7 heteroatoms. The summed E-state index contributed by atoms with van der Waals surface area (Å²) in [4.78, 5) is 14.0. The van der Waals surface area contributed by atoms with E-state index in [1.54, 1.807) is 4.90 Å². The maximum absolute atomic E-state index is 12.5. The standard InChI is InChI=1S/C13H18F3N3O/c1-17-10-4-2-6-18(8-10)12(20)11-5-3-7-19(11)9-13(14,15)16/h3,5,7,10,17H,2,4,6,8-9H2,1H3. The number of alkyl halides is 3. The molecule has 0 bridgehead atoms. The van der Waals surface area contributed by atoms with E-state index in [1.807, 2.05) is 7.05 Å². The maximum atomic E-state index is 12.5. The summed E-state index contributed by atoms with van der Waals surface area (Å²) in [5.74, 6) is -0.334. The summed E-state index contributed by atoms with van der Waals surface area (Å²) in [5, 5.41) is 3.11. The van der Waals surface area contributed by atoms with Crippen molar-refractivity contribution in [3.63, 3.8) is 0 Å². The molecular weight excluding hydrogens is 271 g/mol. The average molecular weight is 289 g/mol. The van der Waals surface area contributed by atoms with Gasteiger partial charge in [0, 0.05) is 25.3 Å². The van der Waals surface area contributed by atoms with Crippen LogP contribution in [0.15, 0.2) is 18.3 Å². The average Bonchev–Trinajstić information content (AvgIpc) is 2.83. The van der Waals surface area contributed by atoms with Crippen molar-refractivity contribution >= 4 is 5.91 Å². The quantitative estimate of drug-likeness (QED) is 0.922. The molecule has 1 N–H and O–H groups in total. The lowest BCUT2D eigenvalue weighted by atomic mass is 10.1. The second-order valence-electron chi connectivity index (χ2n) is 5.02. The van der Waals surface area contributed by atoms with Crippen LogP contribution in [0.4, 0.5) is 13.2 Å². The van der Waals surface area contributed by atoms with Crippen molar-refractivity contribution in [1.29, 1.82) is 0 Å². The largest absolute Gasteiger partial charge is 0.406 e. The summed E-state index contributed by atoms with van der Waals surface area (Å²) in [6, 6.07) is 3.12. The van der Waals surface area contributed by atoms with Crippen LogP contribution < -0.4 is 5.32 Å². The third-order valence-corrected chi connectivity index (χ3v) is 3.52. The fraction of sp³-hybridized carbons (Fsp3) is 0.615. The van der Waals surface area contributed by atoms with Crippen LogP contribution in [0.5, 0.6) is 0 Å². The summed E-state index contributed by atoms with van der Waals surface area (Å²) in [5.41, 5.74) is 0.0964. The summed E-state index contributed by atoms with van der Waals surface area (Å²) in [7, 11) is 1.82. The third kappa shape index (κ3) is 3.53. The van der Waals surface area contributed by atoms with E-state index in [0.29, 0.717) is 13.1 Å². The number of nitrogens with zero attached hydrogens (tertiary/aromatic N) is 2. The first-order valence-electron chi connectivity index (χ1n) is 6.59. The number of piperidine rings is 1. The van der Waals surface area contributed by atoms with Gasteiger partial charge in [0.05, 0.1) is 0 Å². The van der Waals surface area contributed by atoms with Gasteiger partial charge in [0.25, 0.3) is 5.91 Å². The van der Waals surface area contributed by atoms with Crippen molar-refractivity contribution in [3.05, 3.63) is 24.0 Å². The lowest BCUT2D eigenvalue weighted by Gasteiger charge is -2.32. The number of carbonyl (C=O) groups excluding carboxylic acids is 1. The Morgan fingerprint density at radius 2 is 2.25 bits per heavy atom. The number of rotatable bonds is 3. The molecule has 1 aliphatic rings. The van der Waals surface area contributed by atoms with E-state index in [4.69, 9.17) is 0 Å². The topological polar surface area (TPSA) is 37.3 Å². The molecule has 0 aromatic carbocycles. The van der Waals surface area contributed by atoms with Crippen LogP contribution in [0.1, 0.15) is 23.3 Å². The summed E-state index contributed by atoms with van der Waals surface area (Å²) >= 11 is 0. The van der Waals surface area contributed by atoms with Crippen LogP contribution in [-0.4, -0.2) is 47.7 Å². The molecule has 1 aromatic heterocycles. The third-order valence-electron chi connectivity index (χ3n) is 3.52. The normalized spacial score (nSPS) is 20.2. The highest BCUT2D eigenvalue weighted by Gasteiger charge is 2.31. The van der Waals surface area contributed by atoms with Crippen molar-refractivity contribution in [1.82, 2.24) is 14.8 Å². The Balaban J connectivity index is 2.11. The zero-order chi connectivity index (χ0) is 14.8. The van der Waals surface area contributed by atoms with E-state index in [9.17, 15) is 18.0 Å². The first kappa shape index (κ1) is 14.9. The Morgan fingerprint density at radius 3 is 2.90 bits per heavy atom. The van der Waals surface area contributed by atoms with Gasteiger partial charge in [-0.2, -0.15) is 13.2 Å². The number of likely N-dealkylation sites (N-methyl/N-ethyl adjacent to an activating group) is 1. The second-order valence-corrected chi connectivity index (χ2v) is 5.02. The Bertz CT molecular complexity index is 470. The molecule has 0 aliphatic carbocycles. The minimum absolute atomic E-state index is 0.0964. The highest BCUT2D eigenvalue weighted by molar-refractivity contribution is 5.92. The van der Waals surface area contributed by atoms with Crippen molar-refractivity contribution in [2.45, 2.75) is 31.6 Å². The Kier molecular flexibility index (Phi) is 4.37. The zero-order valence-electron chi connectivity index (χ0n) is 11.3. The molecule has 1 atom stereocenters. The Morgan fingerprint density at radius 1 is 1.50 bits per heavy atom. The van der Waals surface area contributed by atoms with Crippen molar-refractivity contribution in [2.24, 2.45) is 0 Å². The summed E-state index contributed by atoms with van der Waals surface area (Å²) in [6.07, 6.45) is -1.20. The maximum Gasteiger partial charge on any atom is 0.406 e. The molecule has 4 nitrogen and oxygen atoms in total. The Hall–Kier alpha value is -1.50. The van der Waals surface area contributed by atoms with Crippen molar-refractivity contribution < 1.29 is 18.0 Å². The molecule has 2 heterocycles. The predicted molar refractivity (Wildman–Crippen MR) is 68.5 cm³/mol. The fourth-order valence-corrected chi connectivity index (χ4v) is 2.50. The van der Waals surface area contributed by atoms with Crippen molar-refractivity contribution in [2.75, 3.05) is 20.1 Å². The van der Waals surface area contributed by atoms with Gasteiger partial charge in [-0.1, -0.05) is 0 Å². The molecule has 1 amide bonds. The molecule has 1 aromatic rings. The van der Waals surface area contributed by atoms with E-state index < -0.39 is 12.7 Å². The van der Waals surface area contributed by atoms with Gasteiger partial charge in [-0.05, 0) is 32.0 Å². The molecule has 1 aliphatic heterocycles. The van der Waals surface area contributed by atoms with E-state index in [0.717, 1.165) is 17.4 Å². The lowest BCUT2D eigenvalue weighted by Crippen LogP contribution is -2.47. The number of nitrogens with one attached hydrogen (secondary N) is 1. The SMILES string of the molecule is CNC1CCCN(C(=O)c2cccn2CC(F)(F)F)C1. The van der Waals surface area contributed by atoms with Crippen molar-refractivity contribution in [3.8, 4) is 0 Å². The number of halogens is 3.